The number of hydrogen-bond donors (Lipinski definition) is 0. The van der Waals surface area contributed by atoms with Crippen molar-refractivity contribution in [2.24, 2.45) is 12.5 Å². The van der Waals surface area contributed by atoms with Gasteiger partial charge in [0, 0.05) is 20.1 Å². The van der Waals surface area contributed by atoms with Crippen LogP contribution < -0.4 is 0 Å². The maximum absolute atomic E-state index is 12.0. The summed E-state index contributed by atoms with van der Waals surface area (Å²) in [7, 11) is 1.88. The van der Waals surface area contributed by atoms with Crippen molar-refractivity contribution in [1.29, 1.82) is 0 Å². The van der Waals surface area contributed by atoms with Gasteiger partial charge < -0.3 is 4.74 Å². The molecule has 5 nitrogen and oxygen atoms in total. The Morgan fingerprint density at radius 3 is 2.90 bits per heavy atom. The summed E-state index contributed by atoms with van der Waals surface area (Å²) in [5.41, 5.74) is 1.89. The molecule has 0 N–H and O–H groups in total. The molecule has 0 amide bonds. The Bertz CT molecular complexity index is 479. The number of aryl methyl sites for hydroxylation is 1. The Balaban J connectivity index is 2.12. The lowest BCUT2D eigenvalue weighted by Crippen LogP contribution is -2.40. The SMILES string of the molecule is CCOC(=O)c1cnn(C)c1CN1CCCC(C)(C)C1. The monoisotopic (exact) mass is 279 g/mol. The second-order valence-electron chi connectivity index (χ2n) is 6.33. The van der Waals surface area contributed by atoms with Crippen molar-refractivity contribution < 1.29 is 9.53 Å². The quantitative estimate of drug-likeness (QED) is 0.793. The number of carbonyl (C=O) groups is 1. The molecule has 1 saturated heterocycles. The van der Waals surface area contributed by atoms with Crippen LogP contribution in [-0.4, -0.2) is 40.3 Å². The van der Waals surface area contributed by atoms with E-state index < -0.39 is 0 Å². The first-order valence-corrected chi connectivity index (χ1v) is 7.33. The van der Waals surface area contributed by atoms with E-state index in [2.05, 4.69) is 23.8 Å². The number of rotatable bonds is 4. The van der Waals surface area contributed by atoms with E-state index in [9.17, 15) is 4.79 Å². The van der Waals surface area contributed by atoms with Crippen molar-refractivity contribution in [3.8, 4) is 0 Å². The van der Waals surface area contributed by atoms with Crippen LogP contribution in [0.4, 0.5) is 0 Å². The number of likely N-dealkylation sites (tertiary alicyclic amines) is 1. The highest BCUT2D eigenvalue weighted by molar-refractivity contribution is 5.90. The molecule has 1 fully saturated rings. The van der Waals surface area contributed by atoms with Crippen LogP contribution in [0.3, 0.4) is 0 Å². The minimum Gasteiger partial charge on any atom is -0.462 e. The molecular formula is C15H25N3O2. The summed E-state index contributed by atoms with van der Waals surface area (Å²) < 4.78 is 6.89. The van der Waals surface area contributed by atoms with Crippen molar-refractivity contribution in [3.05, 3.63) is 17.5 Å². The third-order valence-electron chi connectivity index (χ3n) is 3.91. The van der Waals surface area contributed by atoms with Crippen molar-refractivity contribution in [1.82, 2.24) is 14.7 Å². The lowest BCUT2D eigenvalue weighted by molar-refractivity contribution is 0.0521. The van der Waals surface area contributed by atoms with E-state index in [-0.39, 0.29) is 5.97 Å². The maximum Gasteiger partial charge on any atom is 0.341 e. The van der Waals surface area contributed by atoms with Gasteiger partial charge in [0.2, 0.25) is 0 Å². The molecule has 0 radical (unpaired) electrons. The predicted molar refractivity (Wildman–Crippen MR) is 77.5 cm³/mol. The summed E-state index contributed by atoms with van der Waals surface area (Å²) in [4.78, 5) is 14.4. The zero-order valence-corrected chi connectivity index (χ0v) is 13.0. The number of piperidine rings is 1. The van der Waals surface area contributed by atoms with Gasteiger partial charge in [-0.05, 0) is 31.7 Å². The molecule has 20 heavy (non-hydrogen) atoms. The summed E-state index contributed by atoms with van der Waals surface area (Å²) in [6.45, 7) is 9.71. The largest absolute Gasteiger partial charge is 0.462 e. The molecule has 0 spiro atoms. The van der Waals surface area contributed by atoms with Crippen LogP contribution in [0.5, 0.6) is 0 Å². The van der Waals surface area contributed by atoms with Gasteiger partial charge in [0.15, 0.2) is 0 Å². The molecule has 1 aromatic rings. The van der Waals surface area contributed by atoms with E-state index in [0.29, 0.717) is 17.6 Å². The van der Waals surface area contributed by atoms with Crippen LogP contribution in [0.15, 0.2) is 6.20 Å². The zero-order chi connectivity index (χ0) is 14.8. The molecule has 5 heteroatoms. The van der Waals surface area contributed by atoms with Crippen LogP contribution in [0, 0.1) is 5.41 Å². The van der Waals surface area contributed by atoms with E-state index >= 15 is 0 Å². The smallest absolute Gasteiger partial charge is 0.341 e. The molecule has 1 aliphatic rings. The van der Waals surface area contributed by atoms with Gasteiger partial charge in [-0.2, -0.15) is 5.10 Å². The summed E-state index contributed by atoms with van der Waals surface area (Å²) >= 11 is 0. The van der Waals surface area contributed by atoms with Gasteiger partial charge in [0.05, 0.1) is 18.5 Å². The third kappa shape index (κ3) is 3.39. The van der Waals surface area contributed by atoms with Gasteiger partial charge in [-0.25, -0.2) is 4.79 Å². The first-order valence-electron chi connectivity index (χ1n) is 7.33. The number of ether oxygens (including phenoxy) is 1. The average molecular weight is 279 g/mol. The summed E-state index contributed by atoms with van der Waals surface area (Å²) in [5.74, 6) is -0.271. The molecule has 0 aromatic carbocycles. The van der Waals surface area contributed by atoms with Crippen LogP contribution in [0.1, 0.15) is 49.7 Å². The van der Waals surface area contributed by atoms with Gasteiger partial charge in [-0.15, -0.1) is 0 Å². The van der Waals surface area contributed by atoms with Crippen LogP contribution >= 0.6 is 0 Å². The molecule has 2 rings (SSSR count). The van der Waals surface area contributed by atoms with Crippen molar-refractivity contribution in [2.75, 3.05) is 19.7 Å². The van der Waals surface area contributed by atoms with Crippen LogP contribution in [0.2, 0.25) is 0 Å². The number of carbonyl (C=O) groups excluding carboxylic acids is 1. The minimum absolute atomic E-state index is 0.271. The van der Waals surface area contributed by atoms with Crippen molar-refractivity contribution >= 4 is 5.97 Å². The van der Waals surface area contributed by atoms with E-state index in [4.69, 9.17) is 4.74 Å². The average Bonchev–Trinajstić information content (AvgIpc) is 2.70. The molecule has 1 aliphatic heterocycles. The molecule has 0 aliphatic carbocycles. The zero-order valence-electron chi connectivity index (χ0n) is 13.0. The van der Waals surface area contributed by atoms with Crippen LogP contribution in [0.25, 0.3) is 0 Å². The van der Waals surface area contributed by atoms with Gasteiger partial charge >= 0.3 is 5.97 Å². The molecule has 1 aromatic heterocycles. The lowest BCUT2D eigenvalue weighted by atomic mass is 9.84. The Morgan fingerprint density at radius 1 is 1.50 bits per heavy atom. The highest BCUT2D eigenvalue weighted by Crippen LogP contribution is 2.29. The highest BCUT2D eigenvalue weighted by atomic mass is 16.5. The molecule has 112 valence electrons. The molecular weight excluding hydrogens is 254 g/mol. The Hall–Kier alpha value is -1.36. The van der Waals surface area contributed by atoms with Crippen molar-refractivity contribution in [3.63, 3.8) is 0 Å². The number of esters is 1. The standard InChI is InChI=1S/C15H25N3O2/c1-5-20-14(19)12-9-16-17(4)13(12)10-18-8-6-7-15(2,3)11-18/h9H,5-8,10-11H2,1-4H3. The van der Waals surface area contributed by atoms with Gasteiger partial charge in [-0.1, -0.05) is 13.8 Å². The van der Waals surface area contributed by atoms with E-state index in [0.717, 1.165) is 25.3 Å². The first-order chi connectivity index (χ1) is 9.43. The predicted octanol–water partition coefficient (Wildman–Crippen LogP) is 2.22. The molecule has 0 unspecified atom stereocenters. The number of hydrogen-bond acceptors (Lipinski definition) is 4. The Labute approximate surface area is 120 Å². The summed E-state index contributed by atoms with van der Waals surface area (Å²) in [6.07, 6.45) is 4.08. The summed E-state index contributed by atoms with van der Waals surface area (Å²) in [6, 6.07) is 0. The van der Waals surface area contributed by atoms with Gasteiger partial charge in [0.1, 0.15) is 5.56 Å². The fourth-order valence-corrected chi connectivity index (χ4v) is 2.92. The lowest BCUT2D eigenvalue weighted by Gasteiger charge is -2.38. The highest BCUT2D eigenvalue weighted by Gasteiger charge is 2.28. The first kappa shape index (κ1) is 15.0. The third-order valence-corrected chi connectivity index (χ3v) is 3.91. The maximum atomic E-state index is 12.0. The Morgan fingerprint density at radius 2 is 2.25 bits per heavy atom. The van der Waals surface area contributed by atoms with Gasteiger partial charge in [-0.3, -0.25) is 9.58 Å². The minimum atomic E-state index is -0.271. The fraction of sp³-hybridized carbons (Fsp3) is 0.733. The summed E-state index contributed by atoms with van der Waals surface area (Å²) in [5, 5.41) is 4.21. The molecule has 0 atom stereocenters. The van der Waals surface area contributed by atoms with Crippen LogP contribution in [-0.2, 0) is 18.3 Å². The van der Waals surface area contributed by atoms with Crippen molar-refractivity contribution in [2.45, 2.75) is 40.2 Å². The molecule has 2 heterocycles. The molecule has 0 bridgehead atoms. The number of nitrogens with zero attached hydrogens (tertiary/aromatic N) is 3. The Kier molecular flexibility index (Phi) is 4.48. The van der Waals surface area contributed by atoms with E-state index in [1.807, 2.05) is 14.0 Å². The van der Waals surface area contributed by atoms with Gasteiger partial charge in [0.25, 0.3) is 0 Å². The second kappa shape index (κ2) is 5.95. The van der Waals surface area contributed by atoms with E-state index in [1.54, 1.807) is 10.9 Å². The molecule has 0 saturated carbocycles. The topological polar surface area (TPSA) is 47.4 Å². The normalized spacial score (nSPS) is 19.0. The number of aromatic nitrogens is 2. The fourth-order valence-electron chi connectivity index (χ4n) is 2.92. The van der Waals surface area contributed by atoms with E-state index in [1.165, 1.54) is 12.8 Å². The second-order valence-corrected chi connectivity index (χ2v) is 6.33.